The van der Waals surface area contributed by atoms with Gasteiger partial charge >= 0.3 is 0 Å². The third-order valence-electron chi connectivity index (χ3n) is 4.54. The van der Waals surface area contributed by atoms with Crippen molar-refractivity contribution in [2.75, 3.05) is 20.1 Å². The SMILES string of the molecule is Cc1cc(CNC2CCN(C)CC2C)c(C)n1C. The number of nitrogens with zero attached hydrogens (tertiary/aromatic N) is 2. The Morgan fingerprint density at radius 2 is 2.06 bits per heavy atom. The van der Waals surface area contributed by atoms with Crippen LogP contribution in [0.3, 0.4) is 0 Å². The van der Waals surface area contributed by atoms with Gasteiger partial charge in [-0.25, -0.2) is 0 Å². The molecule has 0 spiro atoms. The first-order valence-electron chi connectivity index (χ1n) is 7.02. The van der Waals surface area contributed by atoms with Gasteiger partial charge in [0.05, 0.1) is 0 Å². The van der Waals surface area contributed by atoms with E-state index in [0.29, 0.717) is 6.04 Å². The number of aryl methyl sites for hydroxylation is 1. The van der Waals surface area contributed by atoms with Crippen LogP contribution in [-0.4, -0.2) is 35.6 Å². The normalized spacial score (nSPS) is 25.6. The van der Waals surface area contributed by atoms with Crippen molar-refractivity contribution in [2.45, 2.75) is 39.8 Å². The molecule has 0 aromatic carbocycles. The van der Waals surface area contributed by atoms with E-state index < -0.39 is 0 Å². The fraction of sp³-hybridized carbons (Fsp3) is 0.733. The topological polar surface area (TPSA) is 20.2 Å². The summed E-state index contributed by atoms with van der Waals surface area (Å²) in [5.74, 6) is 0.744. The van der Waals surface area contributed by atoms with Crippen molar-refractivity contribution in [3.8, 4) is 0 Å². The number of hydrogen-bond acceptors (Lipinski definition) is 2. The lowest BCUT2D eigenvalue weighted by Crippen LogP contribution is -2.46. The zero-order chi connectivity index (χ0) is 13.3. The highest BCUT2D eigenvalue weighted by Gasteiger charge is 2.23. The van der Waals surface area contributed by atoms with Crippen molar-refractivity contribution in [3.63, 3.8) is 0 Å². The van der Waals surface area contributed by atoms with E-state index in [2.05, 4.69) is 55.7 Å². The molecule has 2 unspecified atom stereocenters. The second-order valence-corrected chi connectivity index (χ2v) is 5.97. The van der Waals surface area contributed by atoms with Crippen molar-refractivity contribution in [2.24, 2.45) is 13.0 Å². The van der Waals surface area contributed by atoms with Crippen LogP contribution in [0.5, 0.6) is 0 Å². The number of nitrogens with one attached hydrogen (secondary N) is 1. The van der Waals surface area contributed by atoms with Gasteiger partial charge in [0.1, 0.15) is 0 Å². The summed E-state index contributed by atoms with van der Waals surface area (Å²) < 4.78 is 2.27. The van der Waals surface area contributed by atoms with Crippen LogP contribution in [0.2, 0.25) is 0 Å². The van der Waals surface area contributed by atoms with Gasteiger partial charge in [0.2, 0.25) is 0 Å². The molecule has 18 heavy (non-hydrogen) atoms. The van der Waals surface area contributed by atoms with E-state index in [1.807, 2.05) is 0 Å². The van der Waals surface area contributed by atoms with E-state index in [-0.39, 0.29) is 0 Å². The molecular formula is C15H27N3. The molecule has 102 valence electrons. The Morgan fingerprint density at radius 3 is 2.61 bits per heavy atom. The molecule has 1 aliphatic heterocycles. The first kappa shape index (κ1) is 13.6. The first-order valence-corrected chi connectivity index (χ1v) is 7.02. The standard InChI is InChI=1S/C15H27N3/c1-11-10-17(4)7-6-15(11)16-9-14-8-12(2)18(5)13(14)3/h8,11,15-16H,6-7,9-10H2,1-5H3. The summed E-state index contributed by atoms with van der Waals surface area (Å²) in [6.45, 7) is 10.2. The molecule has 1 N–H and O–H groups in total. The molecule has 3 heteroatoms. The number of rotatable bonds is 3. The number of aromatic nitrogens is 1. The lowest BCUT2D eigenvalue weighted by molar-refractivity contribution is 0.174. The first-order chi connectivity index (χ1) is 8.49. The van der Waals surface area contributed by atoms with Gasteiger partial charge in [-0.05, 0) is 51.4 Å². The van der Waals surface area contributed by atoms with E-state index in [1.54, 1.807) is 0 Å². The lowest BCUT2D eigenvalue weighted by atomic mass is 9.94. The van der Waals surface area contributed by atoms with Crippen molar-refractivity contribution in [3.05, 3.63) is 23.0 Å². The van der Waals surface area contributed by atoms with Gasteiger partial charge in [-0.3, -0.25) is 0 Å². The molecule has 0 aliphatic carbocycles. The maximum atomic E-state index is 3.75. The van der Waals surface area contributed by atoms with Crippen molar-refractivity contribution in [1.29, 1.82) is 0 Å². The van der Waals surface area contributed by atoms with Crippen LogP contribution < -0.4 is 5.32 Å². The highest BCUT2D eigenvalue weighted by molar-refractivity contribution is 5.26. The molecule has 3 nitrogen and oxygen atoms in total. The highest BCUT2D eigenvalue weighted by atomic mass is 15.1. The minimum Gasteiger partial charge on any atom is -0.352 e. The summed E-state index contributed by atoms with van der Waals surface area (Å²) in [6, 6.07) is 2.98. The Kier molecular flexibility index (Phi) is 4.13. The summed E-state index contributed by atoms with van der Waals surface area (Å²) in [6.07, 6.45) is 1.27. The second-order valence-electron chi connectivity index (χ2n) is 5.97. The summed E-state index contributed by atoms with van der Waals surface area (Å²) in [7, 11) is 4.36. The summed E-state index contributed by atoms with van der Waals surface area (Å²) >= 11 is 0. The average Bonchev–Trinajstić information content (AvgIpc) is 2.56. The molecule has 0 saturated carbocycles. The van der Waals surface area contributed by atoms with Gasteiger partial charge in [-0.2, -0.15) is 0 Å². The summed E-state index contributed by atoms with van der Waals surface area (Å²) in [5, 5.41) is 3.75. The molecule has 2 heterocycles. The van der Waals surface area contributed by atoms with Crippen LogP contribution in [0.25, 0.3) is 0 Å². The fourth-order valence-corrected chi connectivity index (χ4v) is 3.01. The number of hydrogen-bond donors (Lipinski definition) is 1. The second kappa shape index (κ2) is 5.45. The lowest BCUT2D eigenvalue weighted by Gasteiger charge is -2.35. The molecule has 0 radical (unpaired) electrons. The molecule has 0 amide bonds. The number of likely N-dealkylation sites (tertiary alicyclic amines) is 1. The molecule has 2 rings (SSSR count). The largest absolute Gasteiger partial charge is 0.352 e. The minimum absolute atomic E-state index is 0.668. The van der Waals surface area contributed by atoms with Gasteiger partial charge in [0, 0.05) is 37.6 Å². The Labute approximate surface area is 111 Å². The van der Waals surface area contributed by atoms with E-state index in [0.717, 1.165) is 12.5 Å². The Hall–Kier alpha value is -0.800. The van der Waals surface area contributed by atoms with Crippen LogP contribution >= 0.6 is 0 Å². The highest BCUT2D eigenvalue weighted by Crippen LogP contribution is 2.18. The molecule has 1 saturated heterocycles. The van der Waals surface area contributed by atoms with E-state index in [4.69, 9.17) is 0 Å². The van der Waals surface area contributed by atoms with Crippen molar-refractivity contribution >= 4 is 0 Å². The predicted octanol–water partition coefficient (Wildman–Crippen LogP) is 2.07. The average molecular weight is 249 g/mol. The number of piperidine rings is 1. The molecule has 1 aliphatic rings. The predicted molar refractivity (Wildman–Crippen MR) is 76.8 cm³/mol. The summed E-state index contributed by atoms with van der Waals surface area (Å²) in [4.78, 5) is 2.43. The van der Waals surface area contributed by atoms with Crippen LogP contribution in [0, 0.1) is 19.8 Å². The molecule has 2 atom stereocenters. The Balaban J connectivity index is 1.93. The van der Waals surface area contributed by atoms with Crippen molar-refractivity contribution < 1.29 is 0 Å². The van der Waals surface area contributed by atoms with E-state index in [1.165, 1.54) is 36.5 Å². The van der Waals surface area contributed by atoms with Gasteiger partial charge in [-0.1, -0.05) is 6.92 Å². The van der Waals surface area contributed by atoms with Crippen LogP contribution in [0.4, 0.5) is 0 Å². The molecule has 1 fully saturated rings. The van der Waals surface area contributed by atoms with Gasteiger partial charge < -0.3 is 14.8 Å². The zero-order valence-corrected chi connectivity index (χ0v) is 12.5. The Bertz CT molecular complexity index is 408. The fourth-order valence-electron chi connectivity index (χ4n) is 3.01. The quantitative estimate of drug-likeness (QED) is 0.885. The van der Waals surface area contributed by atoms with Gasteiger partial charge in [-0.15, -0.1) is 0 Å². The smallest absolute Gasteiger partial charge is 0.0226 e. The van der Waals surface area contributed by atoms with Crippen LogP contribution in [-0.2, 0) is 13.6 Å². The van der Waals surface area contributed by atoms with Gasteiger partial charge in [0.25, 0.3) is 0 Å². The van der Waals surface area contributed by atoms with Crippen LogP contribution in [0.1, 0.15) is 30.3 Å². The zero-order valence-electron chi connectivity index (χ0n) is 12.5. The molecule has 1 aromatic rings. The van der Waals surface area contributed by atoms with Gasteiger partial charge in [0.15, 0.2) is 0 Å². The van der Waals surface area contributed by atoms with E-state index in [9.17, 15) is 0 Å². The summed E-state index contributed by atoms with van der Waals surface area (Å²) in [5.41, 5.74) is 4.18. The molecule has 1 aromatic heterocycles. The molecule has 0 bridgehead atoms. The maximum absolute atomic E-state index is 3.75. The third kappa shape index (κ3) is 2.78. The monoisotopic (exact) mass is 249 g/mol. The Morgan fingerprint density at radius 1 is 1.33 bits per heavy atom. The van der Waals surface area contributed by atoms with Crippen molar-refractivity contribution in [1.82, 2.24) is 14.8 Å². The maximum Gasteiger partial charge on any atom is 0.0226 e. The third-order valence-corrected chi connectivity index (χ3v) is 4.54. The minimum atomic E-state index is 0.668. The molecular weight excluding hydrogens is 222 g/mol. The van der Waals surface area contributed by atoms with E-state index >= 15 is 0 Å². The van der Waals surface area contributed by atoms with Crippen LogP contribution in [0.15, 0.2) is 6.07 Å².